The number of amides is 1. The van der Waals surface area contributed by atoms with Crippen LogP contribution < -0.4 is 5.32 Å². The largest absolute Gasteiger partial charge is 0.451 e. The highest BCUT2D eigenvalue weighted by Gasteiger charge is 2.20. The lowest BCUT2D eigenvalue weighted by Gasteiger charge is -2.10. The number of nitro benzene ring substituents is 1. The average Bonchev–Trinajstić information content (AvgIpc) is 3.23. The molecular formula is C19H15FN4O6. The van der Waals surface area contributed by atoms with Gasteiger partial charge < -0.3 is 14.5 Å². The molecule has 0 unspecified atom stereocenters. The van der Waals surface area contributed by atoms with Crippen molar-refractivity contribution in [1.82, 2.24) is 15.5 Å². The molecule has 1 amide bonds. The molecule has 3 rings (SSSR count). The van der Waals surface area contributed by atoms with E-state index >= 15 is 0 Å². The van der Waals surface area contributed by atoms with Crippen molar-refractivity contribution in [3.63, 3.8) is 0 Å². The highest BCUT2D eigenvalue weighted by Crippen LogP contribution is 2.24. The van der Waals surface area contributed by atoms with E-state index in [1.807, 2.05) is 0 Å². The van der Waals surface area contributed by atoms with E-state index < -0.39 is 35.3 Å². The number of nitrogens with zero attached hydrogens (tertiary/aromatic N) is 3. The molecule has 30 heavy (non-hydrogen) atoms. The molecule has 0 radical (unpaired) electrons. The Kier molecular flexibility index (Phi) is 6.11. The lowest BCUT2D eigenvalue weighted by atomic mass is 10.2. The Hall–Kier alpha value is -4.15. The van der Waals surface area contributed by atoms with Gasteiger partial charge in [-0.25, -0.2) is 4.39 Å². The van der Waals surface area contributed by atoms with Gasteiger partial charge in [0.25, 0.3) is 17.5 Å². The molecule has 0 aliphatic carbocycles. The van der Waals surface area contributed by atoms with Crippen LogP contribution in [0.5, 0.6) is 0 Å². The normalized spacial score (nSPS) is 11.5. The van der Waals surface area contributed by atoms with Gasteiger partial charge in [0, 0.05) is 23.3 Å². The van der Waals surface area contributed by atoms with Gasteiger partial charge in [-0.2, -0.15) is 0 Å². The van der Waals surface area contributed by atoms with Crippen LogP contribution in [0.2, 0.25) is 0 Å². The Balaban J connectivity index is 1.54. The van der Waals surface area contributed by atoms with E-state index in [-0.39, 0.29) is 23.0 Å². The summed E-state index contributed by atoms with van der Waals surface area (Å²) in [6, 6.07) is 10.3. The molecule has 11 heteroatoms. The molecule has 1 heterocycles. The first-order valence-corrected chi connectivity index (χ1v) is 8.65. The van der Waals surface area contributed by atoms with Crippen LogP contribution in [0.15, 0.2) is 52.9 Å². The van der Waals surface area contributed by atoms with E-state index in [2.05, 4.69) is 15.5 Å². The lowest BCUT2D eigenvalue weighted by molar-refractivity contribution is -0.384. The van der Waals surface area contributed by atoms with Crippen LogP contribution in [-0.4, -0.2) is 33.5 Å². The average molecular weight is 414 g/mol. The Morgan fingerprint density at radius 3 is 2.47 bits per heavy atom. The SMILES string of the molecule is C[C@@H](OC(=O)CNC(=O)c1ccc(F)cc1)c1nnc(-c2ccc([N+](=O)[O-])cc2)o1. The van der Waals surface area contributed by atoms with Crippen LogP contribution in [0.4, 0.5) is 10.1 Å². The zero-order valence-electron chi connectivity index (χ0n) is 15.6. The van der Waals surface area contributed by atoms with E-state index in [0.29, 0.717) is 5.56 Å². The number of ether oxygens (including phenoxy) is 1. The monoisotopic (exact) mass is 414 g/mol. The molecule has 1 atom stereocenters. The molecule has 0 saturated carbocycles. The molecule has 0 bridgehead atoms. The summed E-state index contributed by atoms with van der Waals surface area (Å²) in [6.45, 7) is 1.09. The minimum absolute atomic E-state index is 0.0153. The number of halogens is 1. The highest BCUT2D eigenvalue weighted by molar-refractivity contribution is 5.95. The number of nitrogens with one attached hydrogen (secondary N) is 1. The summed E-state index contributed by atoms with van der Waals surface area (Å²) < 4.78 is 23.5. The standard InChI is InChI=1S/C19H15FN4O6/c1-11(29-16(25)10-21-17(26)12-2-6-14(20)7-3-12)18-22-23-19(30-18)13-4-8-15(9-5-13)24(27)28/h2-9,11H,10H2,1H3,(H,21,26)/t11-/m1/s1. The van der Waals surface area contributed by atoms with Gasteiger partial charge in [-0.05, 0) is 43.3 Å². The second-order valence-electron chi connectivity index (χ2n) is 6.07. The van der Waals surface area contributed by atoms with Gasteiger partial charge in [0.05, 0.1) is 4.92 Å². The van der Waals surface area contributed by atoms with Crippen LogP contribution in [0.3, 0.4) is 0 Å². The quantitative estimate of drug-likeness (QED) is 0.354. The number of hydrogen-bond donors (Lipinski definition) is 1. The predicted octanol–water partition coefficient (Wildman–Crippen LogP) is 2.82. The molecular weight excluding hydrogens is 399 g/mol. The fraction of sp³-hybridized carbons (Fsp3) is 0.158. The Morgan fingerprint density at radius 1 is 1.17 bits per heavy atom. The number of non-ortho nitro benzene ring substituents is 1. The molecule has 1 N–H and O–H groups in total. The number of carbonyl (C=O) groups is 2. The Labute approximate surface area is 168 Å². The van der Waals surface area contributed by atoms with Crippen molar-refractivity contribution in [3.8, 4) is 11.5 Å². The third kappa shape index (κ3) is 5.01. The summed E-state index contributed by atoms with van der Waals surface area (Å²) in [5.74, 6) is -1.66. The van der Waals surface area contributed by atoms with Crippen molar-refractivity contribution < 1.29 is 28.1 Å². The number of aromatic nitrogens is 2. The summed E-state index contributed by atoms with van der Waals surface area (Å²) in [7, 11) is 0. The first-order valence-electron chi connectivity index (χ1n) is 8.65. The van der Waals surface area contributed by atoms with Crippen LogP contribution >= 0.6 is 0 Å². The summed E-state index contributed by atoms with van der Waals surface area (Å²) in [5, 5.41) is 20.7. The predicted molar refractivity (Wildman–Crippen MR) is 99.6 cm³/mol. The van der Waals surface area contributed by atoms with Crippen molar-refractivity contribution in [1.29, 1.82) is 0 Å². The second-order valence-corrected chi connectivity index (χ2v) is 6.07. The van der Waals surface area contributed by atoms with Crippen molar-refractivity contribution in [2.24, 2.45) is 0 Å². The van der Waals surface area contributed by atoms with Gasteiger partial charge in [0.2, 0.25) is 5.89 Å². The van der Waals surface area contributed by atoms with Crippen molar-refractivity contribution >= 4 is 17.6 Å². The van der Waals surface area contributed by atoms with Crippen LogP contribution in [0.25, 0.3) is 11.5 Å². The maximum Gasteiger partial charge on any atom is 0.326 e. The number of hydrogen-bond acceptors (Lipinski definition) is 8. The maximum absolute atomic E-state index is 12.9. The van der Waals surface area contributed by atoms with E-state index in [1.165, 1.54) is 43.3 Å². The zero-order valence-corrected chi connectivity index (χ0v) is 15.6. The van der Waals surface area contributed by atoms with Gasteiger partial charge in [0.1, 0.15) is 12.4 Å². The molecule has 0 saturated heterocycles. The van der Waals surface area contributed by atoms with Gasteiger partial charge in [0.15, 0.2) is 6.10 Å². The minimum Gasteiger partial charge on any atom is -0.451 e. The number of carbonyl (C=O) groups excluding carboxylic acids is 2. The molecule has 154 valence electrons. The van der Waals surface area contributed by atoms with Crippen LogP contribution in [0.1, 0.15) is 29.3 Å². The number of nitro groups is 1. The highest BCUT2D eigenvalue weighted by atomic mass is 19.1. The topological polar surface area (TPSA) is 137 Å². The van der Waals surface area contributed by atoms with Gasteiger partial charge in [-0.15, -0.1) is 10.2 Å². The van der Waals surface area contributed by atoms with E-state index in [4.69, 9.17) is 9.15 Å². The molecule has 0 spiro atoms. The van der Waals surface area contributed by atoms with Crippen LogP contribution in [0, 0.1) is 15.9 Å². The second kappa shape index (κ2) is 8.90. The molecule has 0 aliphatic heterocycles. The zero-order chi connectivity index (χ0) is 21.7. The smallest absolute Gasteiger partial charge is 0.326 e. The summed E-state index contributed by atoms with van der Waals surface area (Å²) in [4.78, 5) is 34.0. The van der Waals surface area contributed by atoms with E-state index in [1.54, 1.807) is 0 Å². The van der Waals surface area contributed by atoms with Gasteiger partial charge >= 0.3 is 5.97 Å². The summed E-state index contributed by atoms with van der Waals surface area (Å²) in [6.07, 6.45) is -0.889. The van der Waals surface area contributed by atoms with Crippen molar-refractivity contribution in [2.75, 3.05) is 6.54 Å². The first kappa shape index (κ1) is 20.6. The number of rotatable bonds is 7. The van der Waals surface area contributed by atoms with E-state index in [9.17, 15) is 24.1 Å². The van der Waals surface area contributed by atoms with Gasteiger partial charge in [-0.1, -0.05) is 0 Å². The molecule has 0 fully saturated rings. The van der Waals surface area contributed by atoms with Gasteiger partial charge in [-0.3, -0.25) is 19.7 Å². The summed E-state index contributed by atoms with van der Waals surface area (Å²) in [5.41, 5.74) is 0.579. The fourth-order valence-electron chi connectivity index (χ4n) is 2.39. The molecule has 3 aromatic rings. The number of benzene rings is 2. The molecule has 0 aliphatic rings. The molecule has 10 nitrogen and oxygen atoms in total. The van der Waals surface area contributed by atoms with Crippen molar-refractivity contribution in [2.45, 2.75) is 13.0 Å². The van der Waals surface area contributed by atoms with Crippen LogP contribution in [-0.2, 0) is 9.53 Å². The molecule has 1 aromatic heterocycles. The third-order valence-electron chi connectivity index (χ3n) is 3.92. The Bertz CT molecular complexity index is 1070. The first-order chi connectivity index (χ1) is 14.3. The van der Waals surface area contributed by atoms with E-state index in [0.717, 1.165) is 12.1 Å². The number of esters is 1. The molecule has 2 aromatic carbocycles. The summed E-state index contributed by atoms with van der Waals surface area (Å²) >= 11 is 0. The lowest BCUT2D eigenvalue weighted by Crippen LogP contribution is -2.31. The third-order valence-corrected chi connectivity index (χ3v) is 3.92. The Morgan fingerprint density at radius 2 is 1.83 bits per heavy atom. The fourth-order valence-corrected chi connectivity index (χ4v) is 2.39. The van der Waals surface area contributed by atoms with Crippen molar-refractivity contribution in [3.05, 3.63) is 75.9 Å². The maximum atomic E-state index is 12.9. The minimum atomic E-state index is -0.889.